The second-order valence-corrected chi connectivity index (χ2v) is 8.19. The normalized spacial score (nSPS) is 14.8. The molecule has 0 saturated heterocycles. The Labute approximate surface area is 169 Å². The van der Waals surface area contributed by atoms with E-state index in [1.807, 2.05) is 0 Å². The average Bonchev–Trinajstić information content (AvgIpc) is 3.20. The molecule has 0 fully saturated rings. The monoisotopic (exact) mass is 451 g/mol. The number of nitrogens with zero attached hydrogens (tertiary/aromatic N) is 2. The van der Waals surface area contributed by atoms with Gasteiger partial charge in [-0.1, -0.05) is 0 Å². The first-order chi connectivity index (χ1) is 15.5. The molecule has 0 bridgehead atoms. The molecule has 5 rings (SSSR count). The van der Waals surface area contributed by atoms with E-state index in [1.54, 1.807) is 0 Å². The van der Waals surface area contributed by atoms with Crippen molar-refractivity contribution >= 4 is 45.8 Å². The number of hydrogen-bond acceptors (Lipinski definition) is 2. The van der Waals surface area contributed by atoms with Crippen molar-refractivity contribution in [3.8, 4) is 10.1 Å². The summed E-state index contributed by atoms with van der Waals surface area (Å²) < 4.78 is 98.3. The number of fused-ring (bicyclic) bond motifs is 3. The molecular weight excluding hydrogens is 435 g/mol. The van der Waals surface area contributed by atoms with Crippen molar-refractivity contribution in [2.75, 3.05) is 0 Å². The van der Waals surface area contributed by atoms with Crippen LogP contribution in [0.2, 0.25) is 0 Å². The summed E-state index contributed by atoms with van der Waals surface area (Å²) in [6, 6.07) is 5.09. The minimum absolute atomic E-state index is 0.187. The van der Waals surface area contributed by atoms with Gasteiger partial charge in [-0.15, -0.1) is 0 Å². The predicted molar refractivity (Wildman–Crippen MR) is 102 cm³/mol. The first-order valence-corrected chi connectivity index (χ1v) is 9.68. The maximum absolute atomic E-state index is 15.6. The molecule has 138 valence electrons. The van der Waals surface area contributed by atoms with E-state index in [2.05, 4.69) is 9.97 Å². The van der Waals surface area contributed by atoms with Crippen LogP contribution in [0.1, 0.15) is 12.4 Å². The Hall–Kier alpha value is -2.76. The Bertz CT molecular complexity index is 1590. The molecule has 0 aliphatic rings. The number of hydrogen-bond donors (Lipinski definition) is 0. The summed E-state index contributed by atoms with van der Waals surface area (Å²) in [6.45, 7) is 0. The summed E-state index contributed by atoms with van der Waals surface area (Å²) >= 11 is -0.810. The van der Waals surface area contributed by atoms with Crippen LogP contribution in [0.25, 0.3) is 41.5 Å². The molecule has 0 N–H and O–H groups in total. The predicted octanol–water partition coefficient (Wildman–Crippen LogP) is 5.82. The quantitative estimate of drug-likeness (QED) is 0.183. The molecule has 0 unspecified atom stereocenters. The standard InChI is InChI=1S/C21H10F4N2Se/c22-18-13-7-3-2-6-12(13)17(21(23,24)25)20-16(18)19(26-10-27-20)15-9-11-5-1-4-8-14(11)28-15/h1-10H/i1D,4D,5D,8D,10D. The van der Waals surface area contributed by atoms with Crippen LogP contribution >= 0.6 is 0 Å². The molecule has 2 nitrogen and oxygen atoms in total. The molecule has 0 saturated carbocycles. The summed E-state index contributed by atoms with van der Waals surface area (Å²) in [7, 11) is 0. The van der Waals surface area contributed by atoms with Gasteiger partial charge in [0, 0.05) is 0 Å². The zero-order valence-corrected chi connectivity index (χ0v) is 15.4. The Morgan fingerprint density at radius 3 is 2.54 bits per heavy atom. The van der Waals surface area contributed by atoms with E-state index >= 15 is 4.39 Å². The minimum atomic E-state index is -4.88. The van der Waals surface area contributed by atoms with Gasteiger partial charge in [-0.3, -0.25) is 0 Å². The van der Waals surface area contributed by atoms with Gasteiger partial charge in [0.2, 0.25) is 0 Å². The second-order valence-electron chi connectivity index (χ2n) is 5.98. The third kappa shape index (κ3) is 2.54. The van der Waals surface area contributed by atoms with Gasteiger partial charge in [-0.25, -0.2) is 0 Å². The van der Waals surface area contributed by atoms with Crippen LogP contribution in [0.5, 0.6) is 0 Å². The zero-order valence-electron chi connectivity index (χ0n) is 18.7. The molecule has 0 radical (unpaired) electrons. The van der Waals surface area contributed by atoms with Crippen LogP contribution in [0, 0.1) is 5.82 Å². The summed E-state index contributed by atoms with van der Waals surface area (Å²) in [5, 5.41) is -0.958. The summed E-state index contributed by atoms with van der Waals surface area (Å²) in [4.78, 5) is 7.58. The fourth-order valence-corrected chi connectivity index (χ4v) is 5.26. The van der Waals surface area contributed by atoms with E-state index in [0.29, 0.717) is 4.26 Å². The van der Waals surface area contributed by atoms with E-state index in [1.165, 1.54) is 24.3 Å². The van der Waals surface area contributed by atoms with E-state index in [4.69, 9.17) is 6.85 Å². The van der Waals surface area contributed by atoms with Gasteiger partial charge in [0.05, 0.1) is 0 Å². The molecule has 0 aliphatic carbocycles. The number of alkyl halides is 3. The number of benzene rings is 3. The molecule has 5 aromatic rings. The van der Waals surface area contributed by atoms with Crippen LogP contribution in [0.15, 0.2) is 60.8 Å². The molecular formula is C21H10F4N2Se. The molecule has 2 heterocycles. The SMILES string of the molecule is [2H]c1nc(-c2cc3c([2H])c([2H])c([2H])c([2H])c3[se]2)c2c(F)c3ccccc3c(C(F)(F)F)c2n1. The Morgan fingerprint density at radius 2 is 1.75 bits per heavy atom. The molecule has 3 aromatic carbocycles. The van der Waals surface area contributed by atoms with Crippen LogP contribution in [-0.4, -0.2) is 24.5 Å². The molecule has 0 amide bonds. The van der Waals surface area contributed by atoms with Crippen molar-refractivity contribution in [1.82, 2.24) is 9.97 Å². The second kappa shape index (κ2) is 6.12. The first kappa shape index (κ1) is 12.6. The topological polar surface area (TPSA) is 25.8 Å². The van der Waals surface area contributed by atoms with Gasteiger partial charge in [0.1, 0.15) is 0 Å². The van der Waals surface area contributed by atoms with Crippen molar-refractivity contribution in [1.29, 1.82) is 0 Å². The van der Waals surface area contributed by atoms with Gasteiger partial charge >= 0.3 is 169 Å². The molecule has 0 aliphatic heterocycles. The average molecular weight is 450 g/mol. The molecule has 2 aromatic heterocycles. The Balaban J connectivity index is 1.98. The van der Waals surface area contributed by atoms with Gasteiger partial charge in [-0.05, 0) is 0 Å². The van der Waals surface area contributed by atoms with Crippen molar-refractivity contribution in [2.24, 2.45) is 0 Å². The van der Waals surface area contributed by atoms with Gasteiger partial charge in [0.15, 0.2) is 0 Å². The maximum atomic E-state index is 15.6. The third-order valence-corrected chi connectivity index (χ3v) is 6.59. The molecule has 0 spiro atoms. The molecule has 28 heavy (non-hydrogen) atoms. The van der Waals surface area contributed by atoms with Gasteiger partial charge in [-0.2, -0.15) is 0 Å². The number of aromatic nitrogens is 2. The zero-order chi connectivity index (χ0) is 23.8. The van der Waals surface area contributed by atoms with Crippen LogP contribution < -0.4 is 0 Å². The fraction of sp³-hybridized carbons (Fsp3) is 0.0476. The van der Waals surface area contributed by atoms with Crippen LogP contribution in [-0.2, 0) is 6.18 Å². The first-order valence-electron chi connectivity index (χ1n) is 10.5. The van der Waals surface area contributed by atoms with Gasteiger partial charge < -0.3 is 0 Å². The van der Waals surface area contributed by atoms with Crippen molar-refractivity contribution in [2.45, 2.75) is 6.18 Å². The third-order valence-electron chi connectivity index (χ3n) is 4.37. The van der Waals surface area contributed by atoms with E-state index in [9.17, 15) is 13.2 Å². The van der Waals surface area contributed by atoms with E-state index in [0.717, 1.165) is 6.07 Å². The van der Waals surface area contributed by atoms with Crippen molar-refractivity contribution in [3.05, 3.63) is 72.2 Å². The summed E-state index contributed by atoms with van der Waals surface area (Å²) in [5.41, 5.74) is -2.12. The Kier molecular flexibility index (Phi) is 2.77. The van der Waals surface area contributed by atoms with Crippen LogP contribution in [0.3, 0.4) is 0 Å². The van der Waals surface area contributed by atoms with Crippen LogP contribution in [0.4, 0.5) is 17.6 Å². The molecule has 7 heteroatoms. The van der Waals surface area contributed by atoms with Gasteiger partial charge in [0.25, 0.3) is 0 Å². The number of rotatable bonds is 1. The molecule has 0 atom stereocenters. The number of halogens is 4. The summed E-state index contributed by atoms with van der Waals surface area (Å²) in [6.07, 6.45) is -5.62. The Morgan fingerprint density at radius 1 is 1.00 bits per heavy atom. The van der Waals surface area contributed by atoms with E-state index < -0.39 is 61.4 Å². The van der Waals surface area contributed by atoms with E-state index in [-0.39, 0.29) is 38.4 Å². The van der Waals surface area contributed by atoms with Crippen molar-refractivity contribution < 1.29 is 24.4 Å². The van der Waals surface area contributed by atoms with Crippen molar-refractivity contribution in [3.63, 3.8) is 0 Å². The summed E-state index contributed by atoms with van der Waals surface area (Å²) in [5.74, 6) is -0.962. The fourth-order valence-electron chi connectivity index (χ4n) is 3.24.